The number of amides is 1. The zero-order chi connectivity index (χ0) is 14.3. The molecule has 0 fully saturated rings. The van der Waals surface area contributed by atoms with E-state index in [-0.39, 0.29) is 11.5 Å². The molecule has 5 nitrogen and oxygen atoms in total. The second-order valence-corrected chi connectivity index (χ2v) is 4.40. The van der Waals surface area contributed by atoms with Gasteiger partial charge >= 0.3 is 0 Å². The second-order valence-electron chi connectivity index (χ2n) is 4.40. The molecule has 1 N–H and O–H groups in total. The molecule has 19 heavy (non-hydrogen) atoms. The van der Waals surface area contributed by atoms with Gasteiger partial charge in [0.2, 0.25) is 5.56 Å². The van der Waals surface area contributed by atoms with Crippen LogP contribution in [0.25, 0.3) is 0 Å². The summed E-state index contributed by atoms with van der Waals surface area (Å²) in [6.45, 7) is 5.65. The average Bonchev–Trinajstić information content (AvgIpc) is 2.41. The molecular formula is C14H22N2O3. The molecule has 0 unspecified atom stereocenters. The first kappa shape index (κ1) is 15.4. The van der Waals surface area contributed by atoms with Crippen molar-refractivity contribution in [2.45, 2.75) is 26.7 Å². The van der Waals surface area contributed by atoms with E-state index in [9.17, 15) is 9.59 Å². The van der Waals surface area contributed by atoms with Crippen molar-refractivity contribution in [3.05, 3.63) is 33.7 Å². The molecule has 1 aromatic heterocycles. The fourth-order valence-electron chi connectivity index (χ4n) is 1.88. The lowest BCUT2D eigenvalue weighted by atomic mass is 10.1. The van der Waals surface area contributed by atoms with Crippen LogP contribution in [-0.2, 0) is 11.2 Å². The Hall–Kier alpha value is -1.62. The lowest BCUT2D eigenvalue weighted by molar-refractivity contribution is 0.0695. The number of carbonyl (C=O) groups is 1. The van der Waals surface area contributed by atoms with Crippen molar-refractivity contribution in [1.82, 2.24) is 9.88 Å². The van der Waals surface area contributed by atoms with Gasteiger partial charge in [0.1, 0.15) is 0 Å². The van der Waals surface area contributed by atoms with Gasteiger partial charge in [-0.1, -0.05) is 13.8 Å². The minimum Gasteiger partial charge on any atom is -0.383 e. The van der Waals surface area contributed by atoms with Gasteiger partial charge in [0.25, 0.3) is 5.91 Å². The maximum absolute atomic E-state index is 12.4. The molecule has 0 aliphatic rings. The van der Waals surface area contributed by atoms with E-state index in [1.54, 1.807) is 18.1 Å². The first-order chi connectivity index (χ1) is 9.12. The predicted molar refractivity (Wildman–Crippen MR) is 74.5 cm³/mol. The van der Waals surface area contributed by atoms with Gasteiger partial charge in [-0.2, -0.15) is 0 Å². The number of rotatable bonds is 7. The van der Waals surface area contributed by atoms with Gasteiger partial charge in [-0.25, -0.2) is 0 Å². The van der Waals surface area contributed by atoms with Crippen LogP contribution in [0, 0.1) is 0 Å². The average molecular weight is 266 g/mol. The molecule has 0 aliphatic heterocycles. The molecule has 0 spiro atoms. The maximum atomic E-state index is 12.4. The largest absolute Gasteiger partial charge is 0.383 e. The molecule has 106 valence electrons. The summed E-state index contributed by atoms with van der Waals surface area (Å²) in [7, 11) is 1.61. The number of pyridine rings is 1. The summed E-state index contributed by atoms with van der Waals surface area (Å²) < 4.78 is 5.01. The van der Waals surface area contributed by atoms with Crippen LogP contribution in [0.3, 0.4) is 0 Å². The van der Waals surface area contributed by atoms with E-state index in [0.29, 0.717) is 31.7 Å². The van der Waals surface area contributed by atoms with Crippen LogP contribution < -0.4 is 5.56 Å². The number of hydrogen-bond acceptors (Lipinski definition) is 3. The summed E-state index contributed by atoms with van der Waals surface area (Å²) >= 11 is 0. The first-order valence-electron chi connectivity index (χ1n) is 6.63. The van der Waals surface area contributed by atoms with Crippen molar-refractivity contribution in [1.29, 1.82) is 0 Å². The number of H-pyrrole nitrogens is 1. The molecule has 0 atom stereocenters. The van der Waals surface area contributed by atoms with E-state index in [4.69, 9.17) is 4.74 Å². The number of hydrogen-bond donors (Lipinski definition) is 1. The zero-order valence-electron chi connectivity index (χ0n) is 11.9. The SMILES string of the molecule is CCCN(CCOC)C(=O)c1cc(CC)[nH]c(=O)c1. The third-order valence-corrected chi connectivity index (χ3v) is 2.87. The number of nitrogens with zero attached hydrogens (tertiary/aromatic N) is 1. The van der Waals surface area contributed by atoms with Crippen molar-refractivity contribution in [3.63, 3.8) is 0 Å². The Morgan fingerprint density at radius 1 is 1.32 bits per heavy atom. The van der Waals surface area contributed by atoms with Gasteiger partial charge in [0.15, 0.2) is 0 Å². The minimum atomic E-state index is -0.231. The van der Waals surface area contributed by atoms with E-state index in [1.165, 1.54) is 6.07 Å². The molecule has 1 aromatic rings. The second kappa shape index (κ2) is 7.74. The highest BCUT2D eigenvalue weighted by Crippen LogP contribution is 2.06. The van der Waals surface area contributed by atoms with Gasteiger partial charge in [-0.15, -0.1) is 0 Å². The fraction of sp³-hybridized carbons (Fsp3) is 0.571. The number of nitrogens with one attached hydrogen (secondary N) is 1. The monoisotopic (exact) mass is 266 g/mol. The Morgan fingerprint density at radius 2 is 2.05 bits per heavy atom. The molecule has 0 aliphatic carbocycles. The van der Waals surface area contributed by atoms with Crippen LogP contribution in [0.15, 0.2) is 16.9 Å². The van der Waals surface area contributed by atoms with Crippen LogP contribution in [0.2, 0.25) is 0 Å². The number of methoxy groups -OCH3 is 1. The molecule has 0 bridgehead atoms. The van der Waals surface area contributed by atoms with E-state index >= 15 is 0 Å². The van der Waals surface area contributed by atoms with E-state index in [2.05, 4.69) is 4.98 Å². The highest BCUT2D eigenvalue weighted by atomic mass is 16.5. The standard InChI is InChI=1S/C14H22N2O3/c1-4-6-16(7-8-19-3)14(18)11-9-12(5-2)15-13(17)10-11/h9-10H,4-8H2,1-3H3,(H,15,17). The van der Waals surface area contributed by atoms with Crippen LogP contribution in [0.4, 0.5) is 0 Å². The fourth-order valence-corrected chi connectivity index (χ4v) is 1.88. The van der Waals surface area contributed by atoms with Gasteiger partial charge in [-0.05, 0) is 18.9 Å². The van der Waals surface area contributed by atoms with Gasteiger partial charge in [-0.3, -0.25) is 9.59 Å². The minimum absolute atomic E-state index is 0.111. The number of aryl methyl sites for hydroxylation is 1. The van der Waals surface area contributed by atoms with E-state index in [0.717, 1.165) is 12.1 Å². The van der Waals surface area contributed by atoms with E-state index < -0.39 is 0 Å². The molecule has 1 rings (SSSR count). The molecule has 0 saturated heterocycles. The summed E-state index contributed by atoms with van der Waals surface area (Å²) in [5, 5.41) is 0. The number of aromatic nitrogens is 1. The lowest BCUT2D eigenvalue weighted by Crippen LogP contribution is -2.35. The Kier molecular flexibility index (Phi) is 6.29. The van der Waals surface area contributed by atoms with Crippen molar-refractivity contribution in [2.75, 3.05) is 26.8 Å². The Balaban J connectivity index is 2.94. The summed E-state index contributed by atoms with van der Waals surface area (Å²) in [6.07, 6.45) is 1.57. The molecule has 1 amide bonds. The van der Waals surface area contributed by atoms with Gasteiger partial charge in [0, 0.05) is 37.5 Å². The topological polar surface area (TPSA) is 62.4 Å². The highest BCUT2D eigenvalue weighted by Gasteiger charge is 2.15. The van der Waals surface area contributed by atoms with Crippen LogP contribution in [0.1, 0.15) is 36.3 Å². The molecular weight excluding hydrogens is 244 g/mol. The lowest BCUT2D eigenvalue weighted by Gasteiger charge is -2.21. The summed E-state index contributed by atoms with van der Waals surface area (Å²) in [4.78, 5) is 28.3. The predicted octanol–water partition coefficient (Wildman–Crippen LogP) is 1.44. The van der Waals surface area contributed by atoms with E-state index in [1.807, 2.05) is 13.8 Å². The van der Waals surface area contributed by atoms with Crippen molar-refractivity contribution >= 4 is 5.91 Å². The summed E-state index contributed by atoms with van der Waals surface area (Å²) in [5.41, 5.74) is 0.995. The van der Waals surface area contributed by atoms with Gasteiger partial charge < -0.3 is 14.6 Å². The van der Waals surface area contributed by atoms with Crippen molar-refractivity contribution < 1.29 is 9.53 Å². The molecule has 5 heteroatoms. The van der Waals surface area contributed by atoms with Gasteiger partial charge in [0.05, 0.1) is 6.61 Å². The number of ether oxygens (including phenoxy) is 1. The quantitative estimate of drug-likeness (QED) is 0.812. The van der Waals surface area contributed by atoms with Crippen molar-refractivity contribution in [2.24, 2.45) is 0 Å². The number of carbonyl (C=O) groups excluding carboxylic acids is 1. The third kappa shape index (κ3) is 4.52. The first-order valence-corrected chi connectivity index (χ1v) is 6.63. The third-order valence-electron chi connectivity index (χ3n) is 2.87. The number of aromatic amines is 1. The van der Waals surface area contributed by atoms with Crippen LogP contribution in [0.5, 0.6) is 0 Å². The molecule has 1 heterocycles. The Labute approximate surface area is 113 Å². The normalized spacial score (nSPS) is 10.5. The van der Waals surface area contributed by atoms with Crippen LogP contribution >= 0.6 is 0 Å². The Morgan fingerprint density at radius 3 is 2.63 bits per heavy atom. The molecule has 0 aromatic carbocycles. The van der Waals surface area contributed by atoms with Crippen LogP contribution in [-0.4, -0.2) is 42.6 Å². The summed E-state index contributed by atoms with van der Waals surface area (Å²) in [6, 6.07) is 3.11. The summed E-state index contributed by atoms with van der Waals surface area (Å²) in [5.74, 6) is -0.111. The maximum Gasteiger partial charge on any atom is 0.254 e. The molecule has 0 radical (unpaired) electrons. The van der Waals surface area contributed by atoms with Crippen molar-refractivity contribution in [3.8, 4) is 0 Å². The highest BCUT2D eigenvalue weighted by molar-refractivity contribution is 5.94. The molecule has 0 saturated carbocycles. The zero-order valence-corrected chi connectivity index (χ0v) is 11.9. The Bertz CT molecular complexity index is 468. The smallest absolute Gasteiger partial charge is 0.254 e.